The highest BCUT2D eigenvalue weighted by atomic mass is 35.5. The van der Waals surface area contributed by atoms with Crippen LogP contribution in [0.5, 0.6) is 0 Å². The zero-order valence-electron chi connectivity index (χ0n) is 9.28. The van der Waals surface area contributed by atoms with Crippen LogP contribution in [0.3, 0.4) is 0 Å². The molecule has 8 heteroatoms. The second-order valence-corrected chi connectivity index (χ2v) is 5.04. The van der Waals surface area contributed by atoms with E-state index in [-0.39, 0.29) is 5.03 Å². The Hall–Kier alpha value is -1.47. The van der Waals surface area contributed by atoms with Gasteiger partial charge in [-0.15, -0.1) is 0 Å². The number of rotatable bonds is 2. The topological polar surface area (TPSA) is 51.8 Å². The normalized spacial score (nSPS) is 11.6. The first-order valence-electron chi connectivity index (χ1n) is 5.00. The monoisotopic (exact) mass is 305 g/mol. The van der Waals surface area contributed by atoms with Gasteiger partial charge in [-0.3, -0.25) is 0 Å². The summed E-state index contributed by atoms with van der Waals surface area (Å²) in [5.74, 6) is -0.417. The molecule has 0 amide bonds. The molecule has 2 aromatic rings. The van der Waals surface area contributed by atoms with Gasteiger partial charge in [-0.2, -0.15) is 13.2 Å². The number of nitrogen functional groups attached to an aromatic ring is 1. The summed E-state index contributed by atoms with van der Waals surface area (Å²) in [6.07, 6.45) is -4.55. The number of anilines is 1. The minimum Gasteiger partial charge on any atom is -0.368 e. The van der Waals surface area contributed by atoms with Crippen molar-refractivity contribution >= 4 is 29.3 Å². The first-order chi connectivity index (χ1) is 8.84. The van der Waals surface area contributed by atoms with Crippen molar-refractivity contribution in [3.63, 3.8) is 0 Å². The number of halogens is 4. The van der Waals surface area contributed by atoms with Crippen LogP contribution in [0, 0.1) is 0 Å². The van der Waals surface area contributed by atoms with Crippen LogP contribution in [0.4, 0.5) is 19.1 Å². The molecule has 0 aliphatic rings. The molecule has 0 unspecified atom stereocenters. The second kappa shape index (κ2) is 5.26. The summed E-state index contributed by atoms with van der Waals surface area (Å²) in [6, 6.07) is 7.54. The lowest BCUT2D eigenvalue weighted by Gasteiger charge is -2.08. The van der Waals surface area contributed by atoms with Crippen molar-refractivity contribution in [1.29, 1.82) is 0 Å². The van der Waals surface area contributed by atoms with Crippen LogP contribution in [0.2, 0.25) is 5.02 Å². The van der Waals surface area contributed by atoms with E-state index in [1.54, 1.807) is 24.3 Å². The number of alkyl halides is 3. The van der Waals surface area contributed by atoms with Gasteiger partial charge in [0.05, 0.1) is 0 Å². The Morgan fingerprint density at radius 3 is 2.53 bits per heavy atom. The maximum atomic E-state index is 12.6. The SMILES string of the molecule is Nc1nc(Sc2cccc(Cl)c2)cc(C(F)(F)F)n1. The fourth-order valence-electron chi connectivity index (χ4n) is 1.29. The van der Waals surface area contributed by atoms with E-state index in [0.717, 1.165) is 17.8 Å². The number of nitrogens with two attached hydrogens (primary N) is 1. The van der Waals surface area contributed by atoms with Gasteiger partial charge in [0.15, 0.2) is 5.69 Å². The average Bonchev–Trinajstić information content (AvgIpc) is 2.26. The van der Waals surface area contributed by atoms with Crippen molar-refractivity contribution in [2.45, 2.75) is 16.1 Å². The van der Waals surface area contributed by atoms with Crippen LogP contribution < -0.4 is 5.73 Å². The first kappa shape index (κ1) is 14.0. The van der Waals surface area contributed by atoms with Gasteiger partial charge < -0.3 is 5.73 Å². The molecule has 1 heterocycles. The third-order valence-electron chi connectivity index (χ3n) is 2.03. The molecule has 1 aromatic heterocycles. The molecule has 3 nitrogen and oxygen atoms in total. The van der Waals surface area contributed by atoms with Gasteiger partial charge in [-0.1, -0.05) is 29.4 Å². The molecule has 0 saturated heterocycles. The molecule has 1 aromatic carbocycles. The molecule has 0 aliphatic carbocycles. The molecule has 0 radical (unpaired) electrons. The Bertz CT molecular complexity index is 604. The van der Waals surface area contributed by atoms with Crippen molar-refractivity contribution < 1.29 is 13.2 Å². The summed E-state index contributed by atoms with van der Waals surface area (Å²) >= 11 is 6.83. The number of hydrogen-bond acceptors (Lipinski definition) is 4. The van der Waals surface area contributed by atoms with Crippen molar-refractivity contribution in [2.75, 3.05) is 5.73 Å². The van der Waals surface area contributed by atoms with E-state index in [2.05, 4.69) is 9.97 Å². The quantitative estimate of drug-likeness (QED) is 0.855. The Morgan fingerprint density at radius 2 is 1.89 bits per heavy atom. The zero-order valence-corrected chi connectivity index (χ0v) is 10.9. The third kappa shape index (κ3) is 3.74. The molecule has 0 fully saturated rings. The Labute approximate surface area is 116 Å². The van der Waals surface area contributed by atoms with Gasteiger partial charge in [-0.25, -0.2) is 9.97 Å². The van der Waals surface area contributed by atoms with E-state index in [1.807, 2.05) is 0 Å². The van der Waals surface area contributed by atoms with Crippen LogP contribution in [0.1, 0.15) is 5.69 Å². The lowest BCUT2D eigenvalue weighted by atomic mass is 10.4. The minimum atomic E-state index is -4.55. The molecule has 0 aliphatic heterocycles. The molecule has 19 heavy (non-hydrogen) atoms. The maximum Gasteiger partial charge on any atom is 0.433 e. The molecule has 0 atom stereocenters. The number of aromatic nitrogens is 2. The Kier molecular flexibility index (Phi) is 3.86. The summed E-state index contributed by atoms with van der Waals surface area (Å²) in [5.41, 5.74) is 4.21. The van der Waals surface area contributed by atoms with Crippen LogP contribution >= 0.6 is 23.4 Å². The minimum absolute atomic E-state index is 0.113. The summed E-state index contributed by atoms with van der Waals surface area (Å²) in [5, 5.41) is 0.602. The smallest absolute Gasteiger partial charge is 0.368 e. The number of benzene rings is 1. The van der Waals surface area contributed by atoms with Crippen molar-refractivity contribution in [3.05, 3.63) is 41.0 Å². The molecule has 0 bridgehead atoms. The van der Waals surface area contributed by atoms with E-state index in [4.69, 9.17) is 17.3 Å². The lowest BCUT2D eigenvalue weighted by Crippen LogP contribution is -2.11. The standard InChI is InChI=1S/C11H7ClF3N3S/c12-6-2-1-3-7(4-6)19-9-5-8(11(13,14)15)17-10(16)18-9/h1-5H,(H2,16,17,18). The average molecular weight is 306 g/mol. The molecule has 0 saturated carbocycles. The predicted molar refractivity (Wildman–Crippen MR) is 67.0 cm³/mol. The van der Waals surface area contributed by atoms with Crippen LogP contribution in [0.15, 0.2) is 40.3 Å². The fraction of sp³-hybridized carbons (Fsp3) is 0.0909. The van der Waals surface area contributed by atoms with Crippen LogP contribution in [-0.4, -0.2) is 9.97 Å². The highest BCUT2D eigenvalue weighted by Gasteiger charge is 2.33. The van der Waals surface area contributed by atoms with E-state index >= 15 is 0 Å². The van der Waals surface area contributed by atoms with Crippen molar-refractivity contribution in [2.24, 2.45) is 0 Å². The molecular weight excluding hydrogens is 299 g/mol. The van der Waals surface area contributed by atoms with Gasteiger partial charge in [0, 0.05) is 16.0 Å². The summed E-state index contributed by atoms with van der Waals surface area (Å²) < 4.78 is 37.7. The summed E-state index contributed by atoms with van der Waals surface area (Å²) in [4.78, 5) is 7.59. The van der Waals surface area contributed by atoms with E-state index in [9.17, 15) is 13.2 Å². The van der Waals surface area contributed by atoms with Gasteiger partial charge in [0.25, 0.3) is 0 Å². The van der Waals surface area contributed by atoms with Crippen molar-refractivity contribution in [1.82, 2.24) is 9.97 Å². The number of nitrogens with zero attached hydrogens (tertiary/aromatic N) is 2. The molecule has 2 rings (SSSR count). The molecule has 100 valence electrons. The van der Waals surface area contributed by atoms with Crippen molar-refractivity contribution in [3.8, 4) is 0 Å². The van der Waals surface area contributed by atoms with E-state index < -0.39 is 17.8 Å². The second-order valence-electron chi connectivity index (χ2n) is 3.51. The maximum absolute atomic E-state index is 12.6. The Morgan fingerprint density at radius 1 is 1.16 bits per heavy atom. The highest BCUT2D eigenvalue weighted by Crippen LogP contribution is 2.33. The van der Waals surface area contributed by atoms with E-state index in [0.29, 0.717) is 9.92 Å². The zero-order chi connectivity index (χ0) is 14.0. The van der Waals surface area contributed by atoms with Gasteiger partial charge in [0.1, 0.15) is 5.03 Å². The number of hydrogen-bond donors (Lipinski definition) is 1. The highest BCUT2D eigenvalue weighted by molar-refractivity contribution is 7.99. The van der Waals surface area contributed by atoms with Crippen LogP contribution in [-0.2, 0) is 6.18 Å². The lowest BCUT2D eigenvalue weighted by molar-refractivity contribution is -0.141. The Balaban J connectivity index is 2.33. The fourth-order valence-corrected chi connectivity index (χ4v) is 2.43. The van der Waals surface area contributed by atoms with Crippen LogP contribution in [0.25, 0.3) is 0 Å². The van der Waals surface area contributed by atoms with Gasteiger partial charge in [0.2, 0.25) is 5.95 Å². The first-order valence-corrected chi connectivity index (χ1v) is 6.19. The molecular formula is C11H7ClF3N3S. The summed E-state index contributed by atoms with van der Waals surface area (Å²) in [6.45, 7) is 0. The van der Waals surface area contributed by atoms with Gasteiger partial charge >= 0.3 is 6.18 Å². The molecule has 2 N–H and O–H groups in total. The van der Waals surface area contributed by atoms with E-state index in [1.165, 1.54) is 0 Å². The summed E-state index contributed by atoms with van der Waals surface area (Å²) in [7, 11) is 0. The predicted octanol–water partition coefficient (Wildman–Crippen LogP) is 3.88. The van der Waals surface area contributed by atoms with Gasteiger partial charge in [-0.05, 0) is 18.2 Å². The molecule has 0 spiro atoms. The largest absolute Gasteiger partial charge is 0.433 e. The third-order valence-corrected chi connectivity index (χ3v) is 3.17.